The molecule has 15 heavy (non-hydrogen) atoms. The molecule has 1 aliphatic rings. The number of nitrogens with zero attached hydrogens (tertiary/aromatic N) is 1. The lowest BCUT2D eigenvalue weighted by atomic mass is 10.2. The Bertz CT molecular complexity index is 296. The zero-order valence-electron chi connectivity index (χ0n) is 8.45. The third-order valence-corrected chi connectivity index (χ3v) is 2.19. The van der Waals surface area contributed by atoms with Gasteiger partial charge in [0.15, 0.2) is 0 Å². The number of nitrogen functional groups attached to an aromatic ring is 1. The summed E-state index contributed by atoms with van der Waals surface area (Å²) < 4.78 is 4.94. The number of anilines is 1. The molecule has 2 heterocycles. The molecule has 0 bridgehead atoms. The van der Waals surface area contributed by atoms with Gasteiger partial charge in [0, 0.05) is 30.7 Å². The highest BCUT2D eigenvalue weighted by Gasteiger charge is 1.97. The first-order chi connectivity index (χ1) is 7.24. The van der Waals surface area contributed by atoms with Crippen molar-refractivity contribution in [3.63, 3.8) is 0 Å². The van der Waals surface area contributed by atoms with Crippen molar-refractivity contribution in [2.24, 2.45) is 0 Å². The van der Waals surface area contributed by atoms with Gasteiger partial charge >= 0.3 is 0 Å². The smallest absolute Gasteiger partial charge is 0.131 e. The molecule has 0 radical (unpaired) electrons. The van der Waals surface area contributed by atoms with E-state index in [0.29, 0.717) is 16.4 Å². The predicted octanol–water partition coefficient (Wildman–Crippen LogP) is 1.61. The summed E-state index contributed by atoms with van der Waals surface area (Å²) in [6.07, 6.45) is 4.01. The van der Waals surface area contributed by atoms with Gasteiger partial charge in [-0.3, -0.25) is 0 Å². The van der Waals surface area contributed by atoms with E-state index in [9.17, 15) is 0 Å². The highest BCUT2D eigenvalue weighted by Crippen LogP contribution is 2.14. The largest absolute Gasteiger partial charge is 0.398 e. The lowest BCUT2D eigenvalue weighted by Gasteiger charge is -1.99. The Morgan fingerprint density at radius 3 is 2.53 bits per heavy atom. The molecule has 0 saturated carbocycles. The second-order valence-corrected chi connectivity index (χ2v) is 3.57. The molecule has 1 aliphatic heterocycles. The molecule has 2 rings (SSSR count). The molecular weight excluding hydrogens is 216 g/mol. The average Bonchev–Trinajstić information content (AvgIpc) is 2.75. The van der Waals surface area contributed by atoms with Crippen molar-refractivity contribution in [1.82, 2.24) is 4.98 Å². The van der Waals surface area contributed by atoms with E-state index in [4.69, 9.17) is 27.2 Å². The van der Waals surface area contributed by atoms with E-state index < -0.39 is 0 Å². The molecule has 0 atom stereocenters. The highest BCUT2D eigenvalue weighted by atomic mass is 35.5. The summed E-state index contributed by atoms with van der Waals surface area (Å²) in [6, 6.07) is 1.51. The van der Waals surface area contributed by atoms with Crippen LogP contribution in [0.1, 0.15) is 18.4 Å². The lowest BCUT2D eigenvalue weighted by Crippen LogP contribution is -1.94. The molecule has 0 spiro atoms. The summed E-state index contributed by atoms with van der Waals surface area (Å²) in [5, 5.41) is 8.99. The number of aliphatic hydroxyl groups is 1. The van der Waals surface area contributed by atoms with E-state index in [1.807, 2.05) is 0 Å². The molecule has 1 fully saturated rings. The highest BCUT2D eigenvalue weighted by molar-refractivity contribution is 6.29. The predicted molar refractivity (Wildman–Crippen MR) is 59.6 cm³/mol. The van der Waals surface area contributed by atoms with Gasteiger partial charge in [-0.15, -0.1) is 0 Å². The molecule has 0 amide bonds. The summed E-state index contributed by atoms with van der Waals surface area (Å²) in [5.41, 5.74) is 6.52. The van der Waals surface area contributed by atoms with Gasteiger partial charge in [0.2, 0.25) is 0 Å². The monoisotopic (exact) mass is 230 g/mol. The Balaban J connectivity index is 0.000000187. The minimum absolute atomic E-state index is 0.101. The topological polar surface area (TPSA) is 68.4 Å². The Hall–Kier alpha value is -0.840. The Morgan fingerprint density at radius 1 is 1.47 bits per heavy atom. The van der Waals surface area contributed by atoms with E-state index in [1.165, 1.54) is 25.1 Å². The van der Waals surface area contributed by atoms with Crippen molar-refractivity contribution in [3.05, 3.63) is 23.0 Å². The van der Waals surface area contributed by atoms with Crippen LogP contribution in [0, 0.1) is 0 Å². The van der Waals surface area contributed by atoms with Crippen LogP contribution in [0.4, 0.5) is 5.69 Å². The van der Waals surface area contributed by atoms with E-state index in [-0.39, 0.29) is 6.61 Å². The van der Waals surface area contributed by atoms with E-state index >= 15 is 0 Å². The maximum absolute atomic E-state index is 8.65. The van der Waals surface area contributed by atoms with Gasteiger partial charge in [-0.05, 0) is 18.9 Å². The van der Waals surface area contributed by atoms with Crippen molar-refractivity contribution in [2.45, 2.75) is 19.4 Å². The van der Waals surface area contributed by atoms with Crippen molar-refractivity contribution >= 4 is 17.3 Å². The molecule has 0 aliphatic carbocycles. The van der Waals surface area contributed by atoms with Crippen LogP contribution >= 0.6 is 11.6 Å². The van der Waals surface area contributed by atoms with Crippen molar-refractivity contribution in [3.8, 4) is 0 Å². The Morgan fingerprint density at radius 2 is 2.13 bits per heavy atom. The minimum Gasteiger partial charge on any atom is -0.398 e. The summed E-state index contributed by atoms with van der Waals surface area (Å²) in [4.78, 5) is 3.74. The second-order valence-electron chi connectivity index (χ2n) is 3.18. The van der Waals surface area contributed by atoms with Gasteiger partial charge in [-0.25, -0.2) is 4.98 Å². The average molecular weight is 231 g/mol. The standard InChI is InChI=1S/C6H7ClN2O.C4H8O/c7-6-1-5(8)4(3-10)2-9-6;1-2-4-5-3-1/h1-2,10H,3H2,(H2,8,9);1-4H2. The number of rotatable bonds is 1. The summed E-state index contributed by atoms with van der Waals surface area (Å²) in [7, 11) is 0. The van der Waals surface area contributed by atoms with Gasteiger partial charge in [-0.2, -0.15) is 0 Å². The number of hydrogen-bond donors (Lipinski definition) is 2. The molecule has 4 nitrogen and oxygen atoms in total. The van der Waals surface area contributed by atoms with Gasteiger partial charge in [0.05, 0.1) is 6.61 Å². The SMILES string of the molecule is C1CCOC1.Nc1cc(Cl)ncc1CO. The van der Waals surface area contributed by atoms with Gasteiger partial charge < -0.3 is 15.6 Å². The Kier molecular flexibility index (Phi) is 5.39. The number of pyridine rings is 1. The maximum Gasteiger partial charge on any atom is 0.131 e. The zero-order chi connectivity index (χ0) is 11.1. The van der Waals surface area contributed by atoms with E-state index in [0.717, 1.165) is 13.2 Å². The number of nitrogens with two attached hydrogens (primary N) is 1. The molecule has 0 unspecified atom stereocenters. The van der Waals surface area contributed by atoms with Gasteiger partial charge in [0.25, 0.3) is 0 Å². The number of halogens is 1. The maximum atomic E-state index is 8.65. The first-order valence-electron chi connectivity index (χ1n) is 4.82. The zero-order valence-corrected chi connectivity index (χ0v) is 9.20. The third-order valence-electron chi connectivity index (χ3n) is 1.99. The number of hydrogen-bond acceptors (Lipinski definition) is 4. The molecule has 3 N–H and O–H groups in total. The summed E-state index contributed by atoms with van der Waals surface area (Å²) in [6.45, 7) is 1.90. The molecule has 0 aromatic carbocycles. The number of aliphatic hydroxyl groups excluding tert-OH is 1. The van der Waals surface area contributed by atoms with Crippen LogP contribution in [0.3, 0.4) is 0 Å². The Labute approximate surface area is 94.0 Å². The van der Waals surface area contributed by atoms with Crippen molar-refractivity contribution in [2.75, 3.05) is 18.9 Å². The molecular formula is C10H15ClN2O2. The molecule has 1 aromatic heterocycles. The molecule has 84 valence electrons. The normalized spacial score (nSPS) is 14.5. The van der Waals surface area contributed by atoms with Crippen LogP contribution in [-0.2, 0) is 11.3 Å². The van der Waals surface area contributed by atoms with Crippen LogP contribution < -0.4 is 5.73 Å². The molecule has 5 heteroatoms. The fraction of sp³-hybridized carbons (Fsp3) is 0.500. The van der Waals surface area contributed by atoms with Crippen LogP contribution in [0.2, 0.25) is 5.15 Å². The number of ether oxygens (including phenoxy) is 1. The quantitative estimate of drug-likeness (QED) is 0.720. The summed E-state index contributed by atoms with van der Waals surface area (Å²) in [5.74, 6) is 0. The van der Waals surface area contributed by atoms with Gasteiger partial charge in [0.1, 0.15) is 5.15 Å². The van der Waals surface area contributed by atoms with Crippen LogP contribution in [0.25, 0.3) is 0 Å². The fourth-order valence-electron chi connectivity index (χ4n) is 1.11. The van der Waals surface area contributed by atoms with E-state index in [2.05, 4.69) is 4.98 Å². The van der Waals surface area contributed by atoms with E-state index in [1.54, 1.807) is 0 Å². The van der Waals surface area contributed by atoms with Crippen LogP contribution in [0.5, 0.6) is 0 Å². The van der Waals surface area contributed by atoms with Crippen molar-refractivity contribution in [1.29, 1.82) is 0 Å². The van der Waals surface area contributed by atoms with Crippen molar-refractivity contribution < 1.29 is 9.84 Å². The molecule has 1 aromatic rings. The van der Waals surface area contributed by atoms with Crippen LogP contribution in [0.15, 0.2) is 12.3 Å². The minimum atomic E-state index is -0.101. The summed E-state index contributed by atoms with van der Waals surface area (Å²) >= 11 is 5.50. The first-order valence-corrected chi connectivity index (χ1v) is 5.20. The van der Waals surface area contributed by atoms with Crippen LogP contribution in [-0.4, -0.2) is 23.3 Å². The lowest BCUT2D eigenvalue weighted by molar-refractivity contribution is 0.198. The number of aromatic nitrogens is 1. The molecule has 1 saturated heterocycles. The van der Waals surface area contributed by atoms with Gasteiger partial charge in [-0.1, -0.05) is 11.6 Å². The third kappa shape index (κ3) is 4.46. The fourth-order valence-corrected chi connectivity index (χ4v) is 1.28. The second kappa shape index (κ2) is 6.61. The first kappa shape index (κ1) is 12.2.